The van der Waals surface area contributed by atoms with Crippen molar-refractivity contribution in [1.29, 1.82) is 0 Å². The molecule has 4 nitrogen and oxygen atoms in total. The summed E-state index contributed by atoms with van der Waals surface area (Å²) in [6.07, 6.45) is 2.91. The van der Waals surface area contributed by atoms with Crippen LogP contribution in [0.4, 0.5) is 5.69 Å². The molecule has 0 fully saturated rings. The number of halogens is 2. The van der Waals surface area contributed by atoms with Crippen LogP contribution in [0.25, 0.3) is 0 Å². The Morgan fingerprint density at radius 1 is 1.09 bits per heavy atom. The van der Waals surface area contributed by atoms with Gasteiger partial charge in [0.15, 0.2) is 5.78 Å². The fraction of sp³-hybridized carbons (Fsp3) is 0.118. The largest absolute Gasteiger partial charge is 0.497 e. The predicted octanol–water partition coefficient (Wildman–Crippen LogP) is 4.82. The molecule has 0 aliphatic heterocycles. The van der Waals surface area contributed by atoms with Crippen molar-refractivity contribution >= 4 is 34.7 Å². The van der Waals surface area contributed by atoms with Gasteiger partial charge in [0.1, 0.15) is 11.5 Å². The maximum Gasteiger partial charge on any atom is 0.188 e. The number of hydrogen-bond acceptors (Lipinski definition) is 4. The molecule has 0 heterocycles. The Hall–Kier alpha value is -2.17. The third-order valence-corrected chi connectivity index (χ3v) is 3.63. The van der Waals surface area contributed by atoms with Crippen molar-refractivity contribution in [3.05, 3.63) is 64.3 Å². The van der Waals surface area contributed by atoms with E-state index in [1.165, 1.54) is 18.3 Å². The summed E-state index contributed by atoms with van der Waals surface area (Å²) < 4.78 is 10.4. The summed E-state index contributed by atoms with van der Waals surface area (Å²) in [7, 11) is 3.14. The summed E-state index contributed by atoms with van der Waals surface area (Å²) in [6, 6.07) is 10.1. The predicted molar refractivity (Wildman–Crippen MR) is 93.1 cm³/mol. The van der Waals surface area contributed by atoms with Crippen LogP contribution in [0.1, 0.15) is 10.4 Å². The van der Waals surface area contributed by atoms with Gasteiger partial charge in [-0.05, 0) is 30.3 Å². The van der Waals surface area contributed by atoms with E-state index in [0.29, 0.717) is 32.8 Å². The van der Waals surface area contributed by atoms with E-state index >= 15 is 0 Å². The molecule has 0 aliphatic rings. The van der Waals surface area contributed by atoms with E-state index in [4.69, 9.17) is 32.7 Å². The second-order valence-corrected chi connectivity index (χ2v) is 5.38. The molecule has 6 heteroatoms. The zero-order chi connectivity index (χ0) is 16.8. The first kappa shape index (κ1) is 17.2. The van der Waals surface area contributed by atoms with Crippen molar-refractivity contribution in [1.82, 2.24) is 0 Å². The number of carbonyl (C=O) groups excluding carboxylic acids is 1. The summed E-state index contributed by atoms with van der Waals surface area (Å²) in [4.78, 5) is 12.1. The minimum absolute atomic E-state index is 0.230. The van der Waals surface area contributed by atoms with Crippen molar-refractivity contribution in [3.63, 3.8) is 0 Å². The van der Waals surface area contributed by atoms with Crippen molar-refractivity contribution in [2.75, 3.05) is 19.5 Å². The normalized spacial score (nSPS) is 10.6. The SMILES string of the molecule is COc1ccc(N/C=C/C(=O)c2ccc(Cl)cc2Cl)c(OC)c1. The van der Waals surface area contributed by atoms with Crippen LogP contribution in [-0.4, -0.2) is 20.0 Å². The van der Waals surface area contributed by atoms with E-state index in [-0.39, 0.29) is 5.78 Å². The van der Waals surface area contributed by atoms with Crippen LogP contribution in [0.2, 0.25) is 10.0 Å². The highest BCUT2D eigenvalue weighted by atomic mass is 35.5. The highest BCUT2D eigenvalue weighted by molar-refractivity contribution is 6.37. The van der Waals surface area contributed by atoms with Crippen molar-refractivity contribution < 1.29 is 14.3 Å². The molecule has 0 saturated carbocycles. The fourth-order valence-electron chi connectivity index (χ4n) is 1.90. The summed E-state index contributed by atoms with van der Waals surface area (Å²) in [5.74, 6) is 1.05. The molecule has 2 aromatic rings. The minimum Gasteiger partial charge on any atom is -0.497 e. The average Bonchev–Trinajstić information content (AvgIpc) is 2.54. The number of benzene rings is 2. The lowest BCUT2D eigenvalue weighted by molar-refractivity contribution is 0.104. The van der Waals surface area contributed by atoms with Crippen LogP contribution in [0.5, 0.6) is 11.5 Å². The van der Waals surface area contributed by atoms with Crippen LogP contribution >= 0.6 is 23.2 Å². The molecule has 0 radical (unpaired) electrons. The molecule has 2 rings (SSSR count). The molecule has 0 aromatic heterocycles. The van der Waals surface area contributed by atoms with E-state index < -0.39 is 0 Å². The molecule has 2 aromatic carbocycles. The molecule has 1 N–H and O–H groups in total. The second-order valence-electron chi connectivity index (χ2n) is 4.53. The molecule has 0 aliphatic carbocycles. The number of carbonyl (C=O) groups is 1. The smallest absolute Gasteiger partial charge is 0.188 e. The number of anilines is 1. The third-order valence-electron chi connectivity index (χ3n) is 3.08. The molecule has 0 saturated heterocycles. The zero-order valence-corrected chi connectivity index (χ0v) is 14.1. The van der Waals surface area contributed by atoms with E-state index in [0.717, 1.165) is 0 Å². The van der Waals surface area contributed by atoms with Gasteiger partial charge in [0.05, 0.1) is 24.9 Å². The van der Waals surface area contributed by atoms with Crippen LogP contribution in [0, 0.1) is 0 Å². The first-order chi connectivity index (χ1) is 11.0. The Labute approximate surface area is 144 Å². The van der Waals surface area contributed by atoms with Gasteiger partial charge in [-0.1, -0.05) is 23.2 Å². The number of ketones is 1. The van der Waals surface area contributed by atoms with Gasteiger partial charge < -0.3 is 14.8 Å². The molecule has 0 amide bonds. The van der Waals surface area contributed by atoms with Gasteiger partial charge in [0.2, 0.25) is 0 Å². The minimum atomic E-state index is -0.230. The number of methoxy groups -OCH3 is 2. The number of rotatable bonds is 6. The van der Waals surface area contributed by atoms with E-state index in [1.54, 1.807) is 44.6 Å². The maximum absolute atomic E-state index is 12.1. The van der Waals surface area contributed by atoms with Crippen LogP contribution in [-0.2, 0) is 0 Å². The standard InChI is InChI=1S/C17H15Cl2NO3/c1-22-12-4-6-15(17(10-12)23-2)20-8-7-16(21)13-5-3-11(18)9-14(13)19/h3-10,20H,1-2H3/b8-7+. The lowest BCUT2D eigenvalue weighted by atomic mass is 10.1. The lowest BCUT2D eigenvalue weighted by Crippen LogP contribution is -1.98. The van der Waals surface area contributed by atoms with Gasteiger partial charge in [-0.15, -0.1) is 0 Å². The molecule has 0 atom stereocenters. The number of hydrogen-bond donors (Lipinski definition) is 1. The van der Waals surface area contributed by atoms with Gasteiger partial charge in [0, 0.05) is 28.9 Å². The zero-order valence-electron chi connectivity index (χ0n) is 12.6. The first-order valence-electron chi connectivity index (χ1n) is 6.69. The molecule has 0 bridgehead atoms. The van der Waals surface area contributed by atoms with Crippen molar-refractivity contribution in [3.8, 4) is 11.5 Å². The number of nitrogens with one attached hydrogen (secondary N) is 1. The van der Waals surface area contributed by atoms with E-state index in [2.05, 4.69) is 5.32 Å². The summed E-state index contributed by atoms with van der Waals surface area (Å²) in [5, 5.41) is 3.79. The maximum atomic E-state index is 12.1. The fourth-order valence-corrected chi connectivity index (χ4v) is 2.41. The van der Waals surface area contributed by atoms with Gasteiger partial charge in [-0.25, -0.2) is 0 Å². The number of ether oxygens (including phenoxy) is 2. The van der Waals surface area contributed by atoms with Crippen molar-refractivity contribution in [2.45, 2.75) is 0 Å². The monoisotopic (exact) mass is 351 g/mol. The van der Waals surface area contributed by atoms with Crippen molar-refractivity contribution in [2.24, 2.45) is 0 Å². The van der Waals surface area contributed by atoms with E-state index in [1.807, 2.05) is 0 Å². The Morgan fingerprint density at radius 2 is 1.87 bits per heavy atom. The highest BCUT2D eigenvalue weighted by Gasteiger charge is 2.08. The topological polar surface area (TPSA) is 47.6 Å². The van der Waals surface area contributed by atoms with Crippen LogP contribution in [0.15, 0.2) is 48.7 Å². The first-order valence-corrected chi connectivity index (χ1v) is 7.45. The van der Waals surface area contributed by atoms with Gasteiger partial charge >= 0.3 is 0 Å². The van der Waals surface area contributed by atoms with Gasteiger partial charge in [-0.2, -0.15) is 0 Å². The molecule has 0 unspecified atom stereocenters. The quantitative estimate of drug-likeness (QED) is 0.598. The van der Waals surface area contributed by atoms with Crippen LogP contribution in [0.3, 0.4) is 0 Å². The summed E-state index contributed by atoms with van der Waals surface area (Å²) in [5.41, 5.74) is 1.09. The van der Waals surface area contributed by atoms with Crippen LogP contribution < -0.4 is 14.8 Å². The molecular weight excluding hydrogens is 337 g/mol. The Morgan fingerprint density at radius 3 is 2.52 bits per heavy atom. The van der Waals surface area contributed by atoms with Gasteiger partial charge in [0.25, 0.3) is 0 Å². The summed E-state index contributed by atoms with van der Waals surface area (Å²) in [6.45, 7) is 0. The number of allylic oxidation sites excluding steroid dienone is 1. The molecule has 120 valence electrons. The molecular formula is C17H15Cl2NO3. The average molecular weight is 352 g/mol. The third kappa shape index (κ3) is 4.41. The Kier molecular flexibility index (Phi) is 5.90. The van der Waals surface area contributed by atoms with E-state index in [9.17, 15) is 4.79 Å². The second kappa shape index (κ2) is 7.90. The molecule has 0 spiro atoms. The highest BCUT2D eigenvalue weighted by Crippen LogP contribution is 2.29. The summed E-state index contributed by atoms with van der Waals surface area (Å²) >= 11 is 11.8. The lowest BCUT2D eigenvalue weighted by Gasteiger charge is -2.09. The Balaban J connectivity index is 2.11. The molecule has 23 heavy (non-hydrogen) atoms. The Bertz CT molecular complexity index is 745. The van der Waals surface area contributed by atoms with Gasteiger partial charge in [-0.3, -0.25) is 4.79 Å².